The number of aliphatic carboxylic acids is 1. The molecule has 21 heavy (non-hydrogen) atoms. The zero-order chi connectivity index (χ0) is 15.9. The molecule has 0 radical (unpaired) electrons. The summed E-state index contributed by atoms with van der Waals surface area (Å²) in [6.07, 6.45) is 0.539. The molecule has 1 aliphatic rings. The number of carboxylic acid groups (broad SMARTS) is 1. The molecule has 1 aromatic carbocycles. The smallest absolute Gasteiger partial charge is 0.329 e. The Bertz CT molecular complexity index is 634. The minimum absolute atomic E-state index is 0.0425. The Morgan fingerprint density at radius 3 is 2.48 bits per heavy atom. The van der Waals surface area contributed by atoms with Crippen LogP contribution in [0, 0.1) is 17.5 Å². The van der Waals surface area contributed by atoms with Gasteiger partial charge in [-0.15, -0.1) is 0 Å². The standard InChI is InChI=1S/C13H12F3NO4/c1-13(12(20)21)3-2-4-17(13)11(19)6-5-7(14)9(16)10(18)8(6)15/h5,18H,2-4H2,1H3,(H,20,21). The molecule has 1 aromatic rings. The lowest BCUT2D eigenvalue weighted by Gasteiger charge is -2.31. The third kappa shape index (κ3) is 2.20. The van der Waals surface area contributed by atoms with Gasteiger partial charge < -0.3 is 15.1 Å². The molecule has 2 N–H and O–H groups in total. The summed E-state index contributed by atoms with van der Waals surface area (Å²) in [5.41, 5.74) is -2.45. The van der Waals surface area contributed by atoms with E-state index in [0.717, 1.165) is 4.90 Å². The van der Waals surface area contributed by atoms with Gasteiger partial charge in [0.15, 0.2) is 17.4 Å². The highest BCUT2D eigenvalue weighted by Crippen LogP contribution is 2.33. The molecule has 0 bridgehead atoms. The third-order valence-electron chi connectivity index (χ3n) is 3.71. The van der Waals surface area contributed by atoms with E-state index in [1.165, 1.54) is 6.92 Å². The van der Waals surface area contributed by atoms with Gasteiger partial charge in [-0.05, 0) is 25.8 Å². The van der Waals surface area contributed by atoms with E-state index in [1.807, 2.05) is 0 Å². The summed E-state index contributed by atoms with van der Waals surface area (Å²) in [5, 5.41) is 18.3. The van der Waals surface area contributed by atoms with Crippen molar-refractivity contribution in [3.8, 4) is 5.75 Å². The second-order valence-electron chi connectivity index (χ2n) is 5.02. The Balaban J connectivity index is 2.48. The summed E-state index contributed by atoms with van der Waals surface area (Å²) in [7, 11) is 0. The fraction of sp³-hybridized carbons (Fsp3) is 0.385. The average molecular weight is 303 g/mol. The fourth-order valence-electron chi connectivity index (χ4n) is 2.40. The van der Waals surface area contributed by atoms with E-state index >= 15 is 0 Å². The van der Waals surface area contributed by atoms with Gasteiger partial charge in [0.2, 0.25) is 5.82 Å². The number of benzene rings is 1. The second kappa shape index (κ2) is 4.94. The SMILES string of the molecule is CC1(C(=O)O)CCCN1C(=O)c1cc(F)c(F)c(O)c1F. The van der Waals surface area contributed by atoms with Crippen LogP contribution in [0.1, 0.15) is 30.1 Å². The van der Waals surface area contributed by atoms with Gasteiger partial charge in [0.25, 0.3) is 5.91 Å². The van der Waals surface area contributed by atoms with Crippen molar-refractivity contribution >= 4 is 11.9 Å². The van der Waals surface area contributed by atoms with Crippen LogP contribution in [-0.2, 0) is 4.79 Å². The number of phenols is 1. The number of halogens is 3. The van der Waals surface area contributed by atoms with Crippen molar-refractivity contribution in [1.29, 1.82) is 0 Å². The molecule has 0 aliphatic carbocycles. The first-order valence-electron chi connectivity index (χ1n) is 6.12. The van der Waals surface area contributed by atoms with Gasteiger partial charge in [-0.25, -0.2) is 13.6 Å². The minimum atomic E-state index is -1.80. The Morgan fingerprint density at radius 2 is 1.90 bits per heavy atom. The lowest BCUT2D eigenvalue weighted by atomic mass is 9.98. The average Bonchev–Trinajstić information content (AvgIpc) is 2.83. The molecule has 1 aliphatic heterocycles. The van der Waals surface area contributed by atoms with Gasteiger partial charge in [-0.3, -0.25) is 4.79 Å². The number of phenolic OH excluding ortho intramolecular Hbond substituents is 1. The highest BCUT2D eigenvalue weighted by molar-refractivity contribution is 5.98. The first-order valence-corrected chi connectivity index (χ1v) is 6.12. The summed E-state index contributed by atoms with van der Waals surface area (Å²) in [5.74, 6) is -8.99. The molecule has 0 saturated carbocycles. The number of rotatable bonds is 2. The van der Waals surface area contributed by atoms with Crippen molar-refractivity contribution in [2.24, 2.45) is 0 Å². The first kappa shape index (κ1) is 15.1. The predicted octanol–water partition coefficient (Wildman–Crippen LogP) is 1.89. The van der Waals surface area contributed by atoms with E-state index in [1.54, 1.807) is 0 Å². The molecule has 1 unspecified atom stereocenters. The van der Waals surface area contributed by atoms with Gasteiger partial charge >= 0.3 is 5.97 Å². The van der Waals surface area contributed by atoms with Crippen LogP contribution in [0.3, 0.4) is 0 Å². The molecular weight excluding hydrogens is 291 g/mol. The summed E-state index contributed by atoms with van der Waals surface area (Å²) in [4.78, 5) is 24.4. The van der Waals surface area contributed by atoms with Crippen LogP contribution < -0.4 is 0 Å². The molecule has 0 spiro atoms. The molecule has 114 valence electrons. The number of carbonyl (C=O) groups is 2. The zero-order valence-corrected chi connectivity index (χ0v) is 11.0. The number of aromatic hydroxyl groups is 1. The van der Waals surface area contributed by atoms with E-state index in [9.17, 15) is 27.9 Å². The van der Waals surface area contributed by atoms with Crippen molar-refractivity contribution in [3.63, 3.8) is 0 Å². The number of carboxylic acids is 1. The topological polar surface area (TPSA) is 77.8 Å². The highest BCUT2D eigenvalue weighted by atomic mass is 19.2. The van der Waals surface area contributed by atoms with Crippen LogP contribution in [0.25, 0.3) is 0 Å². The van der Waals surface area contributed by atoms with Gasteiger partial charge in [0.1, 0.15) is 5.54 Å². The van der Waals surface area contributed by atoms with Gasteiger partial charge in [0, 0.05) is 6.54 Å². The van der Waals surface area contributed by atoms with Crippen LogP contribution in [0.2, 0.25) is 0 Å². The molecule has 1 atom stereocenters. The number of amides is 1. The van der Waals surface area contributed by atoms with Crippen molar-refractivity contribution in [3.05, 3.63) is 29.1 Å². The largest absolute Gasteiger partial charge is 0.503 e. The van der Waals surface area contributed by atoms with E-state index < -0.39 is 46.2 Å². The summed E-state index contributed by atoms with van der Waals surface area (Å²) >= 11 is 0. The Kier molecular flexibility index (Phi) is 3.56. The van der Waals surface area contributed by atoms with Crippen molar-refractivity contribution in [2.75, 3.05) is 6.54 Å². The van der Waals surface area contributed by atoms with Crippen molar-refractivity contribution in [1.82, 2.24) is 4.90 Å². The number of hydrogen-bond acceptors (Lipinski definition) is 3. The normalized spacial score (nSPS) is 21.6. The number of carbonyl (C=O) groups excluding carboxylic acids is 1. The summed E-state index contributed by atoms with van der Waals surface area (Å²) < 4.78 is 40.0. The van der Waals surface area contributed by atoms with Crippen LogP contribution >= 0.6 is 0 Å². The summed E-state index contributed by atoms with van der Waals surface area (Å²) in [6, 6.07) is 0.313. The lowest BCUT2D eigenvalue weighted by Crippen LogP contribution is -2.51. The van der Waals surface area contributed by atoms with Gasteiger partial charge in [0.05, 0.1) is 5.56 Å². The van der Waals surface area contributed by atoms with E-state index in [-0.39, 0.29) is 13.0 Å². The maximum Gasteiger partial charge on any atom is 0.329 e. The van der Waals surface area contributed by atoms with E-state index in [0.29, 0.717) is 12.5 Å². The van der Waals surface area contributed by atoms with Crippen LogP contribution in [-0.4, -0.2) is 39.1 Å². The molecular formula is C13H12F3NO4. The van der Waals surface area contributed by atoms with E-state index in [4.69, 9.17) is 5.11 Å². The third-order valence-corrected chi connectivity index (χ3v) is 3.71. The maximum absolute atomic E-state index is 13.7. The summed E-state index contributed by atoms with van der Waals surface area (Å²) in [6.45, 7) is 1.33. The zero-order valence-electron chi connectivity index (χ0n) is 11.0. The van der Waals surface area contributed by atoms with Gasteiger partial charge in [-0.2, -0.15) is 4.39 Å². The monoisotopic (exact) mass is 303 g/mol. The van der Waals surface area contributed by atoms with Crippen molar-refractivity contribution < 1.29 is 33.0 Å². The molecule has 0 aromatic heterocycles. The lowest BCUT2D eigenvalue weighted by molar-refractivity contribution is -0.147. The fourth-order valence-corrected chi connectivity index (χ4v) is 2.40. The Hall–Kier alpha value is -2.25. The molecule has 1 heterocycles. The van der Waals surface area contributed by atoms with Crippen LogP contribution in [0.5, 0.6) is 5.75 Å². The first-order chi connectivity index (χ1) is 9.70. The molecule has 8 heteroatoms. The maximum atomic E-state index is 13.7. The quantitative estimate of drug-likeness (QED) is 0.818. The van der Waals surface area contributed by atoms with Crippen LogP contribution in [0.4, 0.5) is 13.2 Å². The number of likely N-dealkylation sites (tertiary alicyclic amines) is 1. The molecule has 1 amide bonds. The Labute approximate surface area is 117 Å². The molecule has 1 saturated heterocycles. The van der Waals surface area contributed by atoms with E-state index in [2.05, 4.69) is 0 Å². The Morgan fingerprint density at radius 1 is 1.29 bits per heavy atom. The minimum Gasteiger partial charge on any atom is -0.503 e. The molecule has 5 nitrogen and oxygen atoms in total. The predicted molar refractivity (Wildman–Crippen MR) is 64.3 cm³/mol. The second-order valence-corrected chi connectivity index (χ2v) is 5.02. The molecule has 1 fully saturated rings. The highest BCUT2D eigenvalue weighted by Gasteiger charge is 2.46. The number of hydrogen-bond donors (Lipinski definition) is 2. The molecule has 2 rings (SSSR count). The van der Waals surface area contributed by atoms with Gasteiger partial charge in [-0.1, -0.05) is 0 Å². The van der Waals surface area contributed by atoms with Crippen molar-refractivity contribution in [2.45, 2.75) is 25.3 Å². The van der Waals surface area contributed by atoms with Crippen LogP contribution in [0.15, 0.2) is 6.07 Å². The number of nitrogens with zero attached hydrogens (tertiary/aromatic N) is 1.